The van der Waals surface area contributed by atoms with Crippen LogP contribution in [0.3, 0.4) is 0 Å². The van der Waals surface area contributed by atoms with E-state index in [1.54, 1.807) is 0 Å². The second kappa shape index (κ2) is 7.46. The summed E-state index contributed by atoms with van der Waals surface area (Å²) < 4.78 is 5.71. The molecular weight excluding hydrogens is 224 g/mol. The SMILES string of the molecule is CCCN(CC(C)(C)CN)C1CCCCC1OC. The van der Waals surface area contributed by atoms with Crippen molar-refractivity contribution >= 4 is 0 Å². The summed E-state index contributed by atoms with van der Waals surface area (Å²) in [6, 6.07) is 0.592. The van der Waals surface area contributed by atoms with E-state index in [0.717, 1.165) is 19.6 Å². The van der Waals surface area contributed by atoms with Gasteiger partial charge in [0.25, 0.3) is 0 Å². The highest BCUT2D eigenvalue weighted by molar-refractivity contribution is 4.87. The molecule has 2 atom stereocenters. The first kappa shape index (κ1) is 15.9. The number of nitrogens with two attached hydrogens (primary N) is 1. The summed E-state index contributed by atoms with van der Waals surface area (Å²) in [6.45, 7) is 9.78. The zero-order valence-corrected chi connectivity index (χ0v) is 12.7. The molecule has 1 aliphatic carbocycles. The predicted molar refractivity (Wildman–Crippen MR) is 77.8 cm³/mol. The maximum atomic E-state index is 5.89. The summed E-state index contributed by atoms with van der Waals surface area (Å²) in [4.78, 5) is 2.63. The van der Waals surface area contributed by atoms with Gasteiger partial charge in [0.15, 0.2) is 0 Å². The van der Waals surface area contributed by atoms with E-state index in [2.05, 4.69) is 25.7 Å². The summed E-state index contributed by atoms with van der Waals surface area (Å²) in [6.07, 6.45) is 6.76. The van der Waals surface area contributed by atoms with Gasteiger partial charge in [-0.25, -0.2) is 0 Å². The van der Waals surface area contributed by atoms with Crippen LogP contribution >= 0.6 is 0 Å². The maximum Gasteiger partial charge on any atom is 0.0726 e. The van der Waals surface area contributed by atoms with E-state index in [1.165, 1.54) is 32.1 Å². The van der Waals surface area contributed by atoms with Crippen molar-refractivity contribution in [3.05, 3.63) is 0 Å². The molecule has 1 saturated carbocycles. The van der Waals surface area contributed by atoms with Crippen LogP contribution in [0.5, 0.6) is 0 Å². The van der Waals surface area contributed by atoms with Gasteiger partial charge in [0.1, 0.15) is 0 Å². The molecule has 108 valence electrons. The molecule has 2 N–H and O–H groups in total. The van der Waals surface area contributed by atoms with Crippen molar-refractivity contribution in [2.75, 3.05) is 26.7 Å². The topological polar surface area (TPSA) is 38.5 Å². The molecule has 0 bridgehead atoms. The van der Waals surface area contributed by atoms with Crippen molar-refractivity contribution in [1.29, 1.82) is 0 Å². The van der Waals surface area contributed by atoms with Crippen LogP contribution in [-0.2, 0) is 4.74 Å². The minimum absolute atomic E-state index is 0.199. The van der Waals surface area contributed by atoms with Crippen LogP contribution in [0.4, 0.5) is 0 Å². The number of nitrogens with zero attached hydrogens (tertiary/aromatic N) is 1. The molecule has 1 fully saturated rings. The lowest BCUT2D eigenvalue weighted by Gasteiger charge is -2.42. The van der Waals surface area contributed by atoms with Crippen molar-refractivity contribution in [1.82, 2.24) is 4.90 Å². The van der Waals surface area contributed by atoms with Crippen LogP contribution < -0.4 is 5.73 Å². The number of methoxy groups -OCH3 is 1. The zero-order valence-electron chi connectivity index (χ0n) is 12.7. The third-order valence-corrected chi connectivity index (χ3v) is 4.13. The Labute approximate surface area is 113 Å². The lowest BCUT2D eigenvalue weighted by molar-refractivity contribution is -0.0219. The molecule has 18 heavy (non-hydrogen) atoms. The van der Waals surface area contributed by atoms with Gasteiger partial charge in [-0.1, -0.05) is 33.6 Å². The van der Waals surface area contributed by atoms with Crippen molar-refractivity contribution in [2.24, 2.45) is 11.1 Å². The normalized spacial score (nSPS) is 25.7. The van der Waals surface area contributed by atoms with Gasteiger partial charge < -0.3 is 10.5 Å². The monoisotopic (exact) mass is 256 g/mol. The van der Waals surface area contributed by atoms with Crippen LogP contribution in [0.1, 0.15) is 52.9 Å². The van der Waals surface area contributed by atoms with Gasteiger partial charge in [0, 0.05) is 19.7 Å². The van der Waals surface area contributed by atoms with E-state index in [9.17, 15) is 0 Å². The molecular formula is C15H32N2O. The molecule has 0 aromatic carbocycles. The van der Waals surface area contributed by atoms with Crippen LogP contribution in [0.2, 0.25) is 0 Å². The number of rotatable bonds is 7. The second-order valence-electron chi connectivity index (χ2n) is 6.46. The minimum Gasteiger partial charge on any atom is -0.380 e. The molecule has 0 aliphatic heterocycles. The fourth-order valence-electron chi connectivity index (χ4n) is 3.03. The fourth-order valence-corrected chi connectivity index (χ4v) is 3.03. The first-order valence-electron chi connectivity index (χ1n) is 7.51. The molecule has 0 spiro atoms. The molecule has 1 rings (SSSR count). The van der Waals surface area contributed by atoms with Gasteiger partial charge >= 0.3 is 0 Å². The van der Waals surface area contributed by atoms with Crippen LogP contribution in [0, 0.1) is 5.41 Å². The molecule has 0 amide bonds. The third-order valence-electron chi connectivity index (χ3n) is 4.13. The lowest BCUT2D eigenvalue weighted by atomic mass is 9.87. The van der Waals surface area contributed by atoms with E-state index < -0.39 is 0 Å². The van der Waals surface area contributed by atoms with Gasteiger partial charge in [0.05, 0.1) is 6.10 Å². The Kier molecular flexibility index (Phi) is 6.61. The van der Waals surface area contributed by atoms with E-state index in [0.29, 0.717) is 12.1 Å². The smallest absolute Gasteiger partial charge is 0.0726 e. The van der Waals surface area contributed by atoms with Crippen LogP contribution in [0.25, 0.3) is 0 Å². The Morgan fingerprint density at radius 1 is 1.28 bits per heavy atom. The summed E-state index contributed by atoms with van der Waals surface area (Å²) >= 11 is 0. The molecule has 0 saturated heterocycles. The number of hydrogen-bond acceptors (Lipinski definition) is 3. The Hall–Kier alpha value is -0.120. The Morgan fingerprint density at radius 3 is 2.50 bits per heavy atom. The summed E-state index contributed by atoms with van der Waals surface area (Å²) in [5.74, 6) is 0. The van der Waals surface area contributed by atoms with Crippen LogP contribution in [-0.4, -0.2) is 43.8 Å². The standard InChI is InChI=1S/C15H32N2O/c1-5-10-17(12-15(2,3)11-16)13-8-6-7-9-14(13)18-4/h13-14H,5-12,16H2,1-4H3. The lowest BCUT2D eigenvalue weighted by Crippen LogP contribution is -2.51. The molecule has 2 unspecified atom stereocenters. The Morgan fingerprint density at radius 2 is 1.94 bits per heavy atom. The van der Waals surface area contributed by atoms with Gasteiger partial charge in [-0.3, -0.25) is 4.90 Å². The van der Waals surface area contributed by atoms with E-state index in [-0.39, 0.29) is 5.41 Å². The van der Waals surface area contributed by atoms with Gasteiger partial charge in [-0.15, -0.1) is 0 Å². The van der Waals surface area contributed by atoms with E-state index in [4.69, 9.17) is 10.5 Å². The molecule has 3 heteroatoms. The first-order valence-corrected chi connectivity index (χ1v) is 7.51. The third kappa shape index (κ3) is 4.52. The Balaban J connectivity index is 2.69. The molecule has 0 heterocycles. The quantitative estimate of drug-likeness (QED) is 0.761. The van der Waals surface area contributed by atoms with Gasteiger partial charge in [-0.2, -0.15) is 0 Å². The highest BCUT2D eigenvalue weighted by Crippen LogP contribution is 2.28. The average molecular weight is 256 g/mol. The second-order valence-corrected chi connectivity index (χ2v) is 6.46. The van der Waals surface area contributed by atoms with Crippen molar-refractivity contribution < 1.29 is 4.74 Å². The summed E-state index contributed by atoms with van der Waals surface area (Å²) in [5.41, 5.74) is 6.09. The average Bonchev–Trinajstić information content (AvgIpc) is 2.38. The van der Waals surface area contributed by atoms with E-state index >= 15 is 0 Å². The summed E-state index contributed by atoms with van der Waals surface area (Å²) in [7, 11) is 1.86. The van der Waals surface area contributed by atoms with Gasteiger partial charge in [0.2, 0.25) is 0 Å². The number of ether oxygens (including phenoxy) is 1. The first-order chi connectivity index (χ1) is 8.54. The molecule has 0 radical (unpaired) electrons. The molecule has 1 aliphatic rings. The van der Waals surface area contributed by atoms with Crippen molar-refractivity contribution in [3.8, 4) is 0 Å². The predicted octanol–water partition coefficient (Wildman–Crippen LogP) is 2.64. The zero-order chi connectivity index (χ0) is 13.6. The minimum atomic E-state index is 0.199. The highest BCUT2D eigenvalue weighted by atomic mass is 16.5. The fraction of sp³-hybridized carbons (Fsp3) is 1.00. The molecule has 0 aromatic heterocycles. The van der Waals surface area contributed by atoms with Gasteiger partial charge in [-0.05, 0) is 37.8 Å². The maximum absolute atomic E-state index is 5.89. The van der Waals surface area contributed by atoms with E-state index in [1.807, 2.05) is 7.11 Å². The molecule has 3 nitrogen and oxygen atoms in total. The largest absolute Gasteiger partial charge is 0.380 e. The summed E-state index contributed by atoms with van der Waals surface area (Å²) in [5, 5.41) is 0. The highest BCUT2D eigenvalue weighted by Gasteiger charge is 2.32. The van der Waals surface area contributed by atoms with Crippen LogP contribution in [0.15, 0.2) is 0 Å². The number of hydrogen-bond donors (Lipinski definition) is 1. The van der Waals surface area contributed by atoms with Crippen molar-refractivity contribution in [3.63, 3.8) is 0 Å². The van der Waals surface area contributed by atoms with Crippen molar-refractivity contribution in [2.45, 2.75) is 65.0 Å². The Bertz CT molecular complexity index is 231. The molecule has 0 aromatic rings.